The first-order valence-corrected chi connectivity index (χ1v) is 9.36. The second-order valence-corrected chi connectivity index (χ2v) is 7.18. The summed E-state index contributed by atoms with van der Waals surface area (Å²) in [4.78, 5) is 12.9. The van der Waals surface area contributed by atoms with Crippen LogP contribution in [0.15, 0.2) is 59.0 Å². The maximum absolute atomic E-state index is 12.9. The number of esters is 1. The van der Waals surface area contributed by atoms with Gasteiger partial charge in [-0.25, -0.2) is 0 Å². The van der Waals surface area contributed by atoms with Crippen molar-refractivity contribution in [1.82, 2.24) is 10.2 Å². The molecule has 0 spiro atoms. The van der Waals surface area contributed by atoms with Gasteiger partial charge in [-0.2, -0.15) is 0 Å². The molecule has 2 aromatic carbocycles. The van der Waals surface area contributed by atoms with Gasteiger partial charge in [-0.1, -0.05) is 54.8 Å². The second kappa shape index (κ2) is 7.53. The van der Waals surface area contributed by atoms with E-state index in [1.807, 2.05) is 30.3 Å². The Kier molecular flexibility index (Phi) is 4.94. The second-order valence-electron chi connectivity index (χ2n) is 6.74. The molecule has 0 atom stereocenters. The highest BCUT2D eigenvalue weighted by molar-refractivity contribution is 6.30. The minimum absolute atomic E-state index is 0.0337. The lowest BCUT2D eigenvalue weighted by Gasteiger charge is -2.26. The quantitative estimate of drug-likeness (QED) is 0.584. The van der Waals surface area contributed by atoms with Crippen LogP contribution in [0.3, 0.4) is 0 Å². The van der Waals surface area contributed by atoms with Gasteiger partial charge >= 0.3 is 5.97 Å². The molecule has 27 heavy (non-hydrogen) atoms. The number of halogens is 1. The summed E-state index contributed by atoms with van der Waals surface area (Å²) in [7, 11) is 0. The molecule has 6 heteroatoms. The molecular weight excluding hydrogens is 364 g/mol. The summed E-state index contributed by atoms with van der Waals surface area (Å²) in [5, 5.41) is 8.63. The average Bonchev–Trinajstić information content (AvgIpc) is 3.38. The zero-order valence-corrected chi connectivity index (χ0v) is 15.5. The molecule has 138 valence electrons. The van der Waals surface area contributed by atoms with Crippen molar-refractivity contribution < 1.29 is 13.9 Å². The van der Waals surface area contributed by atoms with E-state index >= 15 is 0 Å². The van der Waals surface area contributed by atoms with Gasteiger partial charge in [0.1, 0.15) is 0 Å². The van der Waals surface area contributed by atoms with Gasteiger partial charge < -0.3 is 9.15 Å². The molecule has 0 saturated heterocycles. The normalized spacial score (nSPS) is 15.6. The number of hydrogen-bond donors (Lipinski definition) is 0. The van der Waals surface area contributed by atoms with Crippen LogP contribution in [0.2, 0.25) is 5.02 Å². The number of benzene rings is 2. The van der Waals surface area contributed by atoms with Crippen LogP contribution < -0.4 is 0 Å². The zero-order chi connectivity index (χ0) is 18.7. The van der Waals surface area contributed by atoms with Crippen molar-refractivity contribution >= 4 is 17.6 Å². The maximum atomic E-state index is 12.9. The Bertz CT molecular complexity index is 916. The van der Waals surface area contributed by atoms with Crippen LogP contribution >= 0.6 is 11.6 Å². The zero-order valence-electron chi connectivity index (χ0n) is 14.7. The molecule has 1 aliphatic carbocycles. The molecule has 1 heterocycles. The van der Waals surface area contributed by atoms with Gasteiger partial charge in [-0.15, -0.1) is 10.2 Å². The van der Waals surface area contributed by atoms with E-state index in [1.165, 1.54) is 0 Å². The maximum Gasteiger partial charge on any atom is 0.317 e. The van der Waals surface area contributed by atoms with E-state index in [4.69, 9.17) is 20.8 Å². The fourth-order valence-corrected chi connectivity index (χ4v) is 3.76. The van der Waals surface area contributed by atoms with E-state index in [0.717, 1.165) is 36.8 Å². The highest BCUT2D eigenvalue weighted by Gasteiger charge is 2.44. The van der Waals surface area contributed by atoms with Crippen molar-refractivity contribution in [3.63, 3.8) is 0 Å². The number of rotatable bonds is 5. The Labute approximate surface area is 162 Å². The van der Waals surface area contributed by atoms with Gasteiger partial charge in [-0.05, 0) is 42.7 Å². The summed E-state index contributed by atoms with van der Waals surface area (Å²) in [6.45, 7) is -0.0337. The lowest BCUT2D eigenvalue weighted by atomic mass is 9.79. The number of hydrogen-bond acceptors (Lipinski definition) is 5. The first-order chi connectivity index (χ1) is 13.2. The van der Waals surface area contributed by atoms with Crippen molar-refractivity contribution in [2.24, 2.45) is 0 Å². The van der Waals surface area contributed by atoms with Crippen molar-refractivity contribution in [3.8, 4) is 11.5 Å². The third kappa shape index (κ3) is 3.60. The van der Waals surface area contributed by atoms with Gasteiger partial charge in [0.2, 0.25) is 5.89 Å². The van der Waals surface area contributed by atoms with Crippen LogP contribution in [-0.4, -0.2) is 16.2 Å². The number of carbonyl (C=O) groups is 1. The molecule has 1 fully saturated rings. The molecule has 0 N–H and O–H groups in total. The van der Waals surface area contributed by atoms with Crippen LogP contribution in [0.4, 0.5) is 0 Å². The number of aromatic nitrogens is 2. The monoisotopic (exact) mass is 382 g/mol. The Morgan fingerprint density at radius 1 is 1.04 bits per heavy atom. The molecule has 5 nitrogen and oxygen atoms in total. The van der Waals surface area contributed by atoms with E-state index in [-0.39, 0.29) is 18.5 Å². The molecule has 0 radical (unpaired) electrons. The summed E-state index contributed by atoms with van der Waals surface area (Å²) in [5.41, 5.74) is 1.21. The average molecular weight is 383 g/mol. The molecule has 1 aliphatic rings. The van der Waals surface area contributed by atoms with Crippen molar-refractivity contribution in [2.75, 3.05) is 0 Å². The van der Waals surface area contributed by atoms with Crippen molar-refractivity contribution in [2.45, 2.75) is 37.7 Å². The minimum atomic E-state index is -0.569. The lowest BCUT2D eigenvalue weighted by Crippen LogP contribution is -2.34. The number of nitrogens with zero attached hydrogens (tertiary/aromatic N) is 2. The Hall–Kier alpha value is -2.66. The van der Waals surface area contributed by atoms with Crippen LogP contribution in [0.1, 0.15) is 37.1 Å². The lowest BCUT2D eigenvalue weighted by molar-refractivity contribution is -0.152. The molecule has 1 aromatic heterocycles. The SMILES string of the molecule is O=C(OCc1nnc(-c2ccc(Cl)cc2)o1)C1(c2ccccc2)CCCC1. The minimum Gasteiger partial charge on any atom is -0.455 e. The molecule has 0 unspecified atom stereocenters. The summed E-state index contributed by atoms with van der Waals surface area (Å²) in [5.74, 6) is 0.420. The highest BCUT2D eigenvalue weighted by Crippen LogP contribution is 2.42. The van der Waals surface area contributed by atoms with E-state index < -0.39 is 5.41 Å². The summed E-state index contributed by atoms with van der Waals surface area (Å²) < 4.78 is 11.2. The number of carbonyl (C=O) groups excluding carboxylic acids is 1. The third-order valence-corrected chi connectivity index (χ3v) is 5.31. The smallest absolute Gasteiger partial charge is 0.317 e. The van der Waals surface area contributed by atoms with Crippen LogP contribution in [-0.2, 0) is 21.6 Å². The van der Waals surface area contributed by atoms with Crippen molar-refractivity contribution in [1.29, 1.82) is 0 Å². The van der Waals surface area contributed by atoms with Crippen molar-refractivity contribution in [3.05, 3.63) is 71.1 Å². The van der Waals surface area contributed by atoms with E-state index in [2.05, 4.69) is 10.2 Å². The topological polar surface area (TPSA) is 65.2 Å². The predicted octanol–water partition coefficient (Wildman–Crippen LogP) is 4.95. The molecule has 0 amide bonds. The van der Waals surface area contributed by atoms with Crippen LogP contribution in [0, 0.1) is 0 Å². The highest BCUT2D eigenvalue weighted by atomic mass is 35.5. The summed E-state index contributed by atoms with van der Waals surface area (Å²) >= 11 is 5.89. The molecule has 3 aromatic rings. The molecule has 1 saturated carbocycles. The molecule has 4 rings (SSSR count). The molecule has 0 aliphatic heterocycles. The summed E-state index contributed by atoms with van der Waals surface area (Å²) in [6, 6.07) is 17.0. The fourth-order valence-electron chi connectivity index (χ4n) is 3.63. The molecular formula is C21H19ClN2O3. The van der Waals surface area contributed by atoms with Gasteiger partial charge in [-0.3, -0.25) is 4.79 Å². The Balaban J connectivity index is 1.47. The van der Waals surface area contributed by atoms with Gasteiger partial charge in [0, 0.05) is 10.6 Å². The third-order valence-electron chi connectivity index (χ3n) is 5.06. The largest absolute Gasteiger partial charge is 0.455 e. The van der Waals surface area contributed by atoms with Gasteiger partial charge in [0.25, 0.3) is 5.89 Å². The first-order valence-electron chi connectivity index (χ1n) is 8.98. The van der Waals surface area contributed by atoms with E-state index in [1.54, 1.807) is 24.3 Å². The van der Waals surface area contributed by atoms with E-state index in [0.29, 0.717) is 10.9 Å². The van der Waals surface area contributed by atoms with Gasteiger partial charge in [0.15, 0.2) is 6.61 Å². The number of ether oxygens (including phenoxy) is 1. The first kappa shape index (κ1) is 17.7. The van der Waals surface area contributed by atoms with E-state index in [9.17, 15) is 4.79 Å². The Morgan fingerprint density at radius 3 is 2.44 bits per heavy atom. The Morgan fingerprint density at radius 2 is 1.74 bits per heavy atom. The standard InChI is InChI=1S/C21H19ClN2O3/c22-17-10-8-15(9-11-17)19-24-23-18(27-19)14-26-20(25)21(12-4-5-13-21)16-6-2-1-3-7-16/h1-3,6-11H,4-5,12-14H2. The predicted molar refractivity (Wildman–Crippen MR) is 101 cm³/mol. The molecule has 0 bridgehead atoms. The summed E-state index contributed by atoms with van der Waals surface area (Å²) in [6.07, 6.45) is 3.64. The van der Waals surface area contributed by atoms with Crippen LogP contribution in [0.25, 0.3) is 11.5 Å². The van der Waals surface area contributed by atoms with Crippen LogP contribution in [0.5, 0.6) is 0 Å². The van der Waals surface area contributed by atoms with Gasteiger partial charge in [0.05, 0.1) is 5.41 Å². The fraction of sp³-hybridized carbons (Fsp3) is 0.286.